The molecule has 0 aliphatic heterocycles. The van der Waals surface area contributed by atoms with E-state index >= 15 is 0 Å². The van der Waals surface area contributed by atoms with Gasteiger partial charge in [-0.1, -0.05) is 0 Å². The SMILES string of the molecule is Cn1cc(Br)cc1C(=O)Nc1ccc([S@](C)=O)cc1. The van der Waals surface area contributed by atoms with Gasteiger partial charge < -0.3 is 9.88 Å². The Kier molecular flexibility index (Phi) is 4.21. The summed E-state index contributed by atoms with van der Waals surface area (Å²) >= 11 is 3.33. The average Bonchev–Trinajstić information content (AvgIpc) is 2.69. The van der Waals surface area contributed by atoms with Crippen molar-refractivity contribution in [3.05, 3.63) is 46.7 Å². The molecule has 2 aromatic rings. The second kappa shape index (κ2) is 5.71. The summed E-state index contributed by atoms with van der Waals surface area (Å²) in [6, 6.07) is 8.73. The van der Waals surface area contributed by atoms with Crippen LogP contribution in [0.3, 0.4) is 0 Å². The number of hydrogen-bond acceptors (Lipinski definition) is 2. The Morgan fingerprint density at radius 1 is 1.32 bits per heavy atom. The molecule has 1 amide bonds. The number of benzene rings is 1. The highest BCUT2D eigenvalue weighted by Gasteiger charge is 2.11. The molecule has 0 saturated carbocycles. The van der Waals surface area contributed by atoms with Crippen LogP contribution in [0.5, 0.6) is 0 Å². The van der Waals surface area contributed by atoms with Crippen molar-refractivity contribution >= 4 is 38.3 Å². The summed E-state index contributed by atoms with van der Waals surface area (Å²) in [4.78, 5) is 12.8. The molecule has 1 atom stereocenters. The summed E-state index contributed by atoms with van der Waals surface area (Å²) in [7, 11) is 0.799. The zero-order valence-corrected chi connectivity index (χ0v) is 12.9. The first-order valence-electron chi connectivity index (χ1n) is 5.54. The van der Waals surface area contributed by atoms with Crippen LogP contribution in [0, 0.1) is 0 Å². The summed E-state index contributed by atoms with van der Waals surface area (Å²) in [5.74, 6) is -0.182. The van der Waals surface area contributed by atoms with Gasteiger partial charge in [0.15, 0.2) is 0 Å². The second-order valence-corrected chi connectivity index (χ2v) is 6.38. The number of nitrogens with one attached hydrogen (secondary N) is 1. The number of rotatable bonds is 3. The largest absolute Gasteiger partial charge is 0.345 e. The van der Waals surface area contributed by atoms with Crippen LogP contribution in [0.2, 0.25) is 0 Å². The van der Waals surface area contributed by atoms with Crippen LogP contribution in [0.4, 0.5) is 5.69 Å². The minimum Gasteiger partial charge on any atom is -0.345 e. The average molecular weight is 341 g/mol. The van der Waals surface area contributed by atoms with Gasteiger partial charge in [0.25, 0.3) is 5.91 Å². The lowest BCUT2D eigenvalue weighted by Gasteiger charge is -2.06. The van der Waals surface area contributed by atoms with E-state index in [4.69, 9.17) is 0 Å². The quantitative estimate of drug-likeness (QED) is 0.933. The monoisotopic (exact) mass is 340 g/mol. The fraction of sp³-hybridized carbons (Fsp3) is 0.154. The van der Waals surface area contributed by atoms with Gasteiger partial charge in [0.1, 0.15) is 5.69 Å². The van der Waals surface area contributed by atoms with E-state index < -0.39 is 10.8 Å². The van der Waals surface area contributed by atoms with E-state index in [0.29, 0.717) is 11.4 Å². The van der Waals surface area contributed by atoms with Gasteiger partial charge in [0.05, 0.1) is 0 Å². The topological polar surface area (TPSA) is 51.1 Å². The maximum atomic E-state index is 12.1. The molecular formula is C13H13BrN2O2S. The molecule has 0 spiro atoms. The van der Waals surface area contributed by atoms with Gasteiger partial charge in [-0.25, -0.2) is 0 Å². The molecule has 6 heteroatoms. The standard InChI is InChI=1S/C13H13BrN2O2S/c1-16-8-9(14)7-12(16)13(17)15-10-3-5-11(6-4-10)19(2)18/h3-8H,1-2H3,(H,15,17)/t19-/m0/s1. The molecule has 1 N–H and O–H groups in total. The molecule has 0 fully saturated rings. The molecule has 19 heavy (non-hydrogen) atoms. The van der Waals surface area contributed by atoms with Crippen molar-refractivity contribution in [2.75, 3.05) is 11.6 Å². The minimum absolute atomic E-state index is 0.182. The molecule has 0 aliphatic rings. The fourth-order valence-corrected chi connectivity index (χ4v) is 2.72. The first-order valence-corrected chi connectivity index (χ1v) is 7.89. The van der Waals surface area contributed by atoms with E-state index in [-0.39, 0.29) is 5.91 Å². The van der Waals surface area contributed by atoms with Crippen molar-refractivity contribution in [2.45, 2.75) is 4.90 Å². The van der Waals surface area contributed by atoms with Crippen LogP contribution in [-0.2, 0) is 17.8 Å². The van der Waals surface area contributed by atoms with Crippen LogP contribution >= 0.6 is 15.9 Å². The van der Waals surface area contributed by atoms with E-state index in [9.17, 15) is 9.00 Å². The normalized spacial score (nSPS) is 12.2. The summed E-state index contributed by atoms with van der Waals surface area (Å²) in [6.45, 7) is 0. The predicted octanol–water partition coefficient (Wildman–Crippen LogP) is 2.78. The number of halogens is 1. The number of anilines is 1. The third-order valence-electron chi connectivity index (χ3n) is 2.65. The lowest BCUT2D eigenvalue weighted by molar-refractivity contribution is 0.101. The fourth-order valence-electron chi connectivity index (χ4n) is 1.67. The Morgan fingerprint density at radius 2 is 1.95 bits per heavy atom. The molecule has 1 aromatic heterocycles. The number of carbonyl (C=O) groups excluding carboxylic acids is 1. The van der Waals surface area contributed by atoms with E-state index in [1.54, 1.807) is 41.2 Å². The molecule has 4 nitrogen and oxygen atoms in total. The molecule has 0 unspecified atom stereocenters. The Morgan fingerprint density at radius 3 is 2.42 bits per heavy atom. The highest BCUT2D eigenvalue weighted by molar-refractivity contribution is 9.10. The third kappa shape index (κ3) is 3.33. The van der Waals surface area contributed by atoms with Crippen molar-refractivity contribution in [3.63, 3.8) is 0 Å². The molecule has 2 rings (SSSR count). The van der Waals surface area contributed by atoms with Gasteiger partial charge in [0.2, 0.25) is 0 Å². The van der Waals surface area contributed by atoms with Gasteiger partial charge in [-0.05, 0) is 46.3 Å². The van der Waals surface area contributed by atoms with Crippen molar-refractivity contribution in [1.82, 2.24) is 4.57 Å². The van der Waals surface area contributed by atoms with E-state index in [1.165, 1.54) is 0 Å². The molecule has 1 heterocycles. The van der Waals surface area contributed by atoms with Crippen LogP contribution in [0.25, 0.3) is 0 Å². The second-order valence-electron chi connectivity index (χ2n) is 4.09. The van der Waals surface area contributed by atoms with Gasteiger partial charge in [-0.3, -0.25) is 9.00 Å². The maximum absolute atomic E-state index is 12.1. The highest BCUT2D eigenvalue weighted by Crippen LogP contribution is 2.16. The first kappa shape index (κ1) is 14.0. The number of aryl methyl sites for hydroxylation is 1. The molecule has 0 bridgehead atoms. The van der Waals surface area contributed by atoms with Gasteiger partial charge in [-0.15, -0.1) is 0 Å². The molecule has 100 valence electrons. The number of nitrogens with zero attached hydrogens (tertiary/aromatic N) is 1. The molecule has 0 saturated heterocycles. The lowest BCUT2D eigenvalue weighted by Crippen LogP contribution is -2.15. The zero-order chi connectivity index (χ0) is 14.0. The highest BCUT2D eigenvalue weighted by atomic mass is 79.9. The summed E-state index contributed by atoms with van der Waals surface area (Å²) in [5.41, 5.74) is 1.24. The van der Waals surface area contributed by atoms with E-state index in [1.807, 2.05) is 13.2 Å². The summed E-state index contributed by atoms with van der Waals surface area (Å²) in [5, 5.41) is 2.80. The number of amides is 1. The Labute approximate surface area is 122 Å². The smallest absolute Gasteiger partial charge is 0.272 e. The van der Waals surface area contributed by atoms with Crippen molar-refractivity contribution in [1.29, 1.82) is 0 Å². The van der Waals surface area contributed by atoms with Crippen LogP contribution in [-0.4, -0.2) is 20.9 Å². The van der Waals surface area contributed by atoms with E-state index in [2.05, 4.69) is 21.2 Å². The molecule has 0 aliphatic carbocycles. The number of carbonyl (C=O) groups is 1. The molecule has 1 aromatic carbocycles. The molecular weight excluding hydrogens is 328 g/mol. The number of hydrogen-bond donors (Lipinski definition) is 1. The zero-order valence-electron chi connectivity index (χ0n) is 10.5. The van der Waals surface area contributed by atoms with Crippen LogP contribution < -0.4 is 5.32 Å². The Hall–Kier alpha value is -1.40. The van der Waals surface area contributed by atoms with Crippen molar-refractivity contribution in [3.8, 4) is 0 Å². The summed E-state index contributed by atoms with van der Waals surface area (Å²) in [6.07, 6.45) is 3.44. The Bertz CT molecular complexity index is 635. The maximum Gasteiger partial charge on any atom is 0.272 e. The lowest BCUT2D eigenvalue weighted by atomic mass is 10.3. The number of aromatic nitrogens is 1. The Balaban J connectivity index is 2.15. The first-order chi connectivity index (χ1) is 8.97. The van der Waals surface area contributed by atoms with Crippen molar-refractivity contribution < 1.29 is 9.00 Å². The van der Waals surface area contributed by atoms with Crippen LogP contribution in [0.15, 0.2) is 45.9 Å². The predicted molar refractivity (Wildman–Crippen MR) is 79.8 cm³/mol. The van der Waals surface area contributed by atoms with Crippen molar-refractivity contribution in [2.24, 2.45) is 7.05 Å². The van der Waals surface area contributed by atoms with Gasteiger partial charge >= 0.3 is 0 Å². The van der Waals surface area contributed by atoms with Gasteiger partial charge in [-0.2, -0.15) is 0 Å². The van der Waals surface area contributed by atoms with Crippen LogP contribution in [0.1, 0.15) is 10.5 Å². The van der Waals surface area contributed by atoms with Gasteiger partial charge in [0, 0.05) is 45.4 Å². The third-order valence-corrected chi connectivity index (χ3v) is 4.02. The molecule has 0 radical (unpaired) electrons. The minimum atomic E-state index is -1.01. The summed E-state index contributed by atoms with van der Waals surface area (Å²) < 4.78 is 13.9. The van der Waals surface area contributed by atoms with E-state index in [0.717, 1.165) is 9.37 Å².